The number of amides is 1. The molecule has 0 bridgehead atoms. The van der Waals surface area contributed by atoms with Gasteiger partial charge in [-0.05, 0) is 78.6 Å². The fourth-order valence-corrected chi connectivity index (χ4v) is 4.90. The summed E-state index contributed by atoms with van der Waals surface area (Å²) >= 11 is -1.38. The third-order valence-electron chi connectivity index (χ3n) is 5.30. The maximum absolute atomic E-state index is 13.2. The number of halogens is 1. The van der Waals surface area contributed by atoms with Gasteiger partial charge >= 0.3 is 0 Å². The van der Waals surface area contributed by atoms with Gasteiger partial charge in [-0.2, -0.15) is 4.31 Å². The molecular formula is C25H23FN4O2S. The number of carbonyl (C=O) groups excluding carboxylic acids is 1. The Morgan fingerprint density at radius 3 is 2.45 bits per heavy atom. The van der Waals surface area contributed by atoms with E-state index in [4.69, 9.17) is 11.1 Å². The molecule has 1 amide bonds. The van der Waals surface area contributed by atoms with Gasteiger partial charge in [0, 0.05) is 11.6 Å². The van der Waals surface area contributed by atoms with Gasteiger partial charge in [0.15, 0.2) is 4.90 Å². The molecule has 168 valence electrons. The van der Waals surface area contributed by atoms with Crippen molar-refractivity contribution in [1.82, 2.24) is 5.32 Å². The molecule has 1 heterocycles. The highest BCUT2D eigenvalue weighted by Crippen LogP contribution is 2.31. The van der Waals surface area contributed by atoms with Crippen molar-refractivity contribution < 1.29 is 13.7 Å². The molecule has 0 aliphatic carbocycles. The van der Waals surface area contributed by atoms with Gasteiger partial charge < -0.3 is 21.0 Å². The summed E-state index contributed by atoms with van der Waals surface area (Å²) in [5.74, 6) is -0.853. The van der Waals surface area contributed by atoms with Crippen LogP contribution in [-0.2, 0) is 17.8 Å². The Morgan fingerprint density at radius 1 is 1.06 bits per heavy atom. The summed E-state index contributed by atoms with van der Waals surface area (Å²) in [5.41, 5.74) is 8.88. The third kappa shape index (κ3) is 5.24. The summed E-state index contributed by atoms with van der Waals surface area (Å²) in [5, 5.41) is 10.6. The van der Waals surface area contributed by atoms with E-state index in [1.54, 1.807) is 24.3 Å². The Kier molecular flexibility index (Phi) is 6.76. The molecule has 1 atom stereocenters. The average molecular weight is 463 g/mol. The Hall–Kier alpha value is -3.62. The molecule has 4 rings (SSSR count). The highest BCUT2D eigenvalue weighted by Gasteiger charge is 2.28. The summed E-state index contributed by atoms with van der Waals surface area (Å²) in [6, 6.07) is 19.9. The number of para-hydroxylation sites is 1. The molecule has 0 radical (unpaired) electrons. The predicted octanol–water partition coefficient (Wildman–Crippen LogP) is 3.90. The lowest BCUT2D eigenvalue weighted by atomic mass is 10.0. The molecule has 0 aromatic heterocycles. The van der Waals surface area contributed by atoms with E-state index < -0.39 is 23.1 Å². The Morgan fingerprint density at radius 2 is 1.73 bits per heavy atom. The number of anilines is 1. The standard InChI is InChI=1S/C25H23FN4O2S/c26-20-11-7-17(8-12-20)22(27)16-24(28)29-25(31)19-9-13-21(14-10-19)33(32)30-15-3-5-18-4-1-2-6-23(18)30/h1-2,4,6-14,16,27H,3,5,15,28H2,(H,29,31)/b24-16+,27-22?. The van der Waals surface area contributed by atoms with Gasteiger partial charge in [0.05, 0.1) is 17.9 Å². The monoisotopic (exact) mass is 462 g/mol. The quantitative estimate of drug-likeness (QED) is 0.382. The van der Waals surface area contributed by atoms with Crippen LogP contribution in [-0.4, -0.2) is 22.7 Å². The van der Waals surface area contributed by atoms with Crippen molar-refractivity contribution in [3.63, 3.8) is 0 Å². The van der Waals surface area contributed by atoms with Gasteiger partial charge in [-0.15, -0.1) is 0 Å². The second kappa shape index (κ2) is 9.89. The number of allylic oxidation sites excluding steroid dienone is 1. The van der Waals surface area contributed by atoms with Crippen LogP contribution in [0.3, 0.4) is 0 Å². The fourth-order valence-electron chi connectivity index (χ4n) is 3.63. The summed E-state index contributed by atoms with van der Waals surface area (Å²) in [6.07, 6.45) is 3.20. The van der Waals surface area contributed by atoms with Crippen molar-refractivity contribution in [1.29, 1.82) is 5.41 Å². The highest BCUT2D eigenvalue weighted by atomic mass is 32.2. The second-order valence-electron chi connectivity index (χ2n) is 7.58. The van der Waals surface area contributed by atoms with Crippen molar-refractivity contribution in [2.24, 2.45) is 5.73 Å². The molecule has 0 spiro atoms. The molecule has 8 heteroatoms. The molecular weight excluding hydrogens is 439 g/mol. The first-order chi connectivity index (χ1) is 15.9. The molecule has 0 saturated carbocycles. The van der Waals surface area contributed by atoms with Crippen molar-refractivity contribution in [2.75, 3.05) is 10.8 Å². The van der Waals surface area contributed by atoms with Gasteiger partial charge in [-0.25, -0.2) is 4.39 Å². The van der Waals surface area contributed by atoms with Gasteiger partial charge in [-0.1, -0.05) is 18.2 Å². The Balaban J connectivity index is 1.42. The van der Waals surface area contributed by atoms with Crippen LogP contribution in [0.15, 0.2) is 89.6 Å². The van der Waals surface area contributed by atoms with Crippen molar-refractivity contribution in [2.45, 2.75) is 17.7 Å². The predicted molar refractivity (Wildman–Crippen MR) is 128 cm³/mol. The highest BCUT2D eigenvalue weighted by molar-refractivity contribution is 7.92. The number of rotatable bonds is 6. The fraction of sp³-hybridized carbons (Fsp3) is 0.120. The van der Waals surface area contributed by atoms with Crippen LogP contribution in [0, 0.1) is 11.2 Å². The van der Waals surface area contributed by atoms with Gasteiger partial charge in [0.25, 0.3) is 5.91 Å². The van der Waals surface area contributed by atoms with E-state index in [9.17, 15) is 13.7 Å². The Bertz CT molecular complexity index is 1200. The smallest absolute Gasteiger partial charge is 0.256 e. The van der Waals surface area contributed by atoms with E-state index in [1.165, 1.54) is 35.9 Å². The number of hydrogen-bond acceptors (Lipinski definition) is 5. The number of nitrogens with zero attached hydrogens (tertiary/aromatic N) is 1. The number of aryl methyl sites for hydroxylation is 1. The lowest BCUT2D eigenvalue weighted by Crippen LogP contribution is -2.35. The first-order valence-corrected chi connectivity index (χ1v) is 11.5. The van der Waals surface area contributed by atoms with Crippen molar-refractivity contribution >= 4 is 28.7 Å². The van der Waals surface area contributed by atoms with Gasteiger partial charge in [-0.3, -0.25) is 4.79 Å². The third-order valence-corrected chi connectivity index (χ3v) is 6.75. The van der Waals surface area contributed by atoms with Crippen LogP contribution >= 0.6 is 0 Å². The topological polar surface area (TPSA) is 105 Å². The first kappa shape index (κ1) is 22.6. The largest absolute Gasteiger partial charge is 0.588 e. The molecule has 3 aromatic rings. The zero-order valence-electron chi connectivity index (χ0n) is 17.8. The van der Waals surface area contributed by atoms with Crippen LogP contribution < -0.4 is 15.4 Å². The van der Waals surface area contributed by atoms with Gasteiger partial charge in [0.1, 0.15) is 23.0 Å². The number of hydrogen-bond donors (Lipinski definition) is 3. The van der Waals surface area contributed by atoms with E-state index in [2.05, 4.69) is 11.4 Å². The Labute approximate surface area is 194 Å². The molecule has 6 nitrogen and oxygen atoms in total. The zero-order valence-corrected chi connectivity index (χ0v) is 18.6. The number of nitrogens with one attached hydrogen (secondary N) is 2. The number of nitrogens with two attached hydrogens (primary N) is 1. The molecule has 1 aliphatic rings. The minimum Gasteiger partial charge on any atom is -0.588 e. The van der Waals surface area contributed by atoms with E-state index >= 15 is 0 Å². The number of carbonyl (C=O) groups is 1. The van der Waals surface area contributed by atoms with Crippen LogP contribution in [0.1, 0.15) is 27.9 Å². The van der Waals surface area contributed by atoms with Crippen molar-refractivity contribution in [3.8, 4) is 0 Å². The summed E-state index contributed by atoms with van der Waals surface area (Å²) in [4.78, 5) is 13.1. The van der Waals surface area contributed by atoms with E-state index in [0.29, 0.717) is 22.6 Å². The first-order valence-electron chi connectivity index (χ1n) is 10.4. The summed E-state index contributed by atoms with van der Waals surface area (Å²) in [6.45, 7) is 0.702. The normalized spacial score (nSPS) is 14.4. The minimum atomic E-state index is -1.38. The maximum Gasteiger partial charge on any atom is 0.256 e. The molecule has 1 unspecified atom stereocenters. The van der Waals surface area contributed by atoms with Crippen LogP contribution in [0.5, 0.6) is 0 Å². The lowest BCUT2D eigenvalue weighted by Gasteiger charge is -2.30. The maximum atomic E-state index is 13.2. The average Bonchev–Trinajstić information content (AvgIpc) is 2.83. The van der Waals surface area contributed by atoms with E-state index in [0.717, 1.165) is 18.5 Å². The molecule has 33 heavy (non-hydrogen) atoms. The van der Waals surface area contributed by atoms with Crippen molar-refractivity contribution in [3.05, 3.63) is 107 Å². The van der Waals surface area contributed by atoms with Crippen LogP contribution in [0.25, 0.3) is 0 Å². The van der Waals surface area contributed by atoms with E-state index in [-0.39, 0.29) is 11.5 Å². The van der Waals surface area contributed by atoms with Crippen LogP contribution in [0.2, 0.25) is 0 Å². The second-order valence-corrected chi connectivity index (χ2v) is 8.99. The molecule has 3 aromatic carbocycles. The SMILES string of the molecule is N=C(/C=C(\N)NC(=O)c1ccc([S+]([O-])N2CCCc3ccccc32)cc1)c1ccc(F)cc1. The molecule has 0 saturated heterocycles. The summed E-state index contributed by atoms with van der Waals surface area (Å²) < 4.78 is 28.1. The summed E-state index contributed by atoms with van der Waals surface area (Å²) in [7, 11) is 0. The molecule has 1 aliphatic heterocycles. The lowest BCUT2D eigenvalue weighted by molar-refractivity contribution is 0.0965. The molecule has 0 fully saturated rings. The van der Waals surface area contributed by atoms with Crippen LogP contribution in [0.4, 0.5) is 10.1 Å². The van der Waals surface area contributed by atoms with Gasteiger partial charge in [0.2, 0.25) is 0 Å². The molecule has 4 N–H and O–H groups in total. The number of fused-ring (bicyclic) bond motifs is 1. The van der Waals surface area contributed by atoms with E-state index in [1.807, 2.05) is 22.5 Å². The zero-order chi connectivity index (χ0) is 23.4. The minimum absolute atomic E-state index is 0.00750. The number of benzene rings is 3.